The minimum Gasteiger partial charge on any atom is -0.325 e. The molecule has 0 heterocycles. The third-order valence-corrected chi connectivity index (χ3v) is 6.87. The number of nitrogens with one attached hydrogen (secondary N) is 1. The van der Waals surface area contributed by atoms with Crippen LogP contribution in [-0.2, 0) is 4.79 Å². The Morgan fingerprint density at radius 2 is 1.58 bits per heavy atom. The lowest BCUT2D eigenvalue weighted by Crippen LogP contribution is -2.08. The number of benzene rings is 2. The molecule has 7 heteroatoms. The Hall–Kier alpha value is 0.180. The highest BCUT2D eigenvalue weighted by molar-refractivity contribution is 9.11. The van der Waals surface area contributed by atoms with E-state index in [1.165, 1.54) is 6.92 Å². The lowest BCUT2D eigenvalue weighted by molar-refractivity contribution is -0.114. The molecule has 0 atom stereocenters. The minimum atomic E-state index is -0.101. The van der Waals surface area contributed by atoms with Crippen molar-refractivity contribution in [3.05, 3.63) is 42.2 Å². The van der Waals surface area contributed by atoms with Crippen LogP contribution in [-0.4, -0.2) is 11.7 Å². The van der Waals surface area contributed by atoms with Gasteiger partial charge in [-0.2, -0.15) is 0 Å². The van der Waals surface area contributed by atoms with Gasteiger partial charge in [0.15, 0.2) is 0 Å². The van der Waals surface area contributed by atoms with Crippen LogP contribution in [0.15, 0.2) is 47.1 Å². The number of halogens is 4. The second kappa shape index (κ2) is 9.21. The molecule has 2 aromatic carbocycles. The molecule has 0 bridgehead atoms. The second-order valence-electron chi connectivity index (χ2n) is 5.10. The van der Waals surface area contributed by atoms with Crippen molar-refractivity contribution in [2.45, 2.75) is 25.2 Å². The smallest absolute Gasteiger partial charge is 0.221 e. The fourth-order valence-electron chi connectivity index (χ4n) is 2.20. The van der Waals surface area contributed by atoms with Gasteiger partial charge in [0.25, 0.3) is 0 Å². The number of carbonyl (C=O) groups excluding carboxylic acids is 1. The van der Waals surface area contributed by atoms with Crippen LogP contribution in [0.3, 0.4) is 0 Å². The van der Waals surface area contributed by atoms with E-state index in [4.69, 9.17) is 0 Å². The lowest BCUT2D eigenvalue weighted by atomic mass is 10.0. The average Bonchev–Trinajstić information content (AvgIpc) is 2.48. The number of thioether (sulfide) groups is 1. The van der Waals surface area contributed by atoms with E-state index in [0.717, 1.165) is 51.8 Å². The van der Waals surface area contributed by atoms with Gasteiger partial charge in [0, 0.05) is 35.3 Å². The van der Waals surface area contributed by atoms with E-state index in [9.17, 15) is 4.79 Å². The van der Waals surface area contributed by atoms with Gasteiger partial charge in [-0.05, 0) is 73.9 Å². The minimum absolute atomic E-state index is 0.101. The Morgan fingerprint density at radius 3 is 2.17 bits per heavy atom. The van der Waals surface area contributed by atoms with E-state index in [0.29, 0.717) is 0 Å². The van der Waals surface area contributed by atoms with Crippen molar-refractivity contribution in [3.63, 3.8) is 0 Å². The molecule has 0 saturated heterocycles. The number of rotatable bonds is 5. The SMILES string of the molecule is CCCSc1c(Br)cc(Br)cc1-c1cc(Br)cc(Br)c1NC(C)=O. The van der Waals surface area contributed by atoms with Crippen molar-refractivity contribution in [1.29, 1.82) is 0 Å². The Balaban J connectivity index is 2.72. The van der Waals surface area contributed by atoms with Crippen molar-refractivity contribution in [2.24, 2.45) is 0 Å². The van der Waals surface area contributed by atoms with Gasteiger partial charge in [-0.25, -0.2) is 0 Å². The predicted octanol–water partition coefficient (Wildman–Crippen LogP) is 7.86. The monoisotopic (exact) mass is 597 g/mol. The van der Waals surface area contributed by atoms with Crippen LogP contribution in [0.5, 0.6) is 0 Å². The lowest BCUT2D eigenvalue weighted by Gasteiger charge is -2.18. The molecule has 0 aromatic heterocycles. The van der Waals surface area contributed by atoms with E-state index in [2.05, 4.69) is 82.0 Å². The van der Waals surface area contributed by atoms with E-state index in [1.54, 1.807) is 11.8 Å². The highest BCUT2D eigenvalue weighted by atomic mass is 79.9. The highest BCUT2D eigenvalue weighted by Crippen LogP contribution is 2.45. The van der Waals surface area contributed by atoms with Crippen LogP contribution in [0.4, 0.5) is 5.69 Å². The van der Waals surface area contributed by atoms with Crippen LogP contribution in [0, 0.1) is 0 Å². The third-order valence-electron chi connectivity index (χ3n) is 3.11. The molecule has 2 aromatic rings. The summed E-state index contributed by atoms with van der Waals surface area (Å²) in [4.78, 5) is 12.8. The molecule has 0 unspecified atom stereocenters. The van der Waals surface area contributed by atoms with Crippen LogP contribution < -0.4 is 5.32 Å². The Kier molecular flexibility index (Phi) is 7.87. The number of hydrogen-bond donors (Lipinski definition) is 1. The van der Waals surface area contributed by atoms with Gasteiger partial charge < -0.3 is 5.32 Å². The molecule has 0 spiro atoms. The summed E-state index contributed by atoms with van der Waals surface area (Å²) < 4.78 is 3.80. The molecular weight excluding hydrogens is 586 g/mol. The molecule has 0 aliphatic rings. The zero-order chi connectivity index (χ0) is 17.9. The summed E-state index contributed by atoms with van der Waals surface area (Å²) in [6, 6.07) is 8.09. The molecule has 0 radical (unpaired) electrons. The average molecular weight is 601 g/mol. The number of amides is 1. The molecule has 24 heavy (non-hydrogen) atoms. The van der Waals surface area contributed by atoms with Crippen molar-refractivity contribution in [1.82, 2.24) is 0 Å². The Morgan fingerprint density at radius 1 is 1.00 bits per heavy atom. The standard InChI is InChI=1S/C17H15Br4NOS/c1-3-4-24-17-13(6-11(19)8-15(17)21)12-5-10(18)7-14(20)16(12)22-9(2)23/h5-8H,3-4H2,1-2H3,(H,22,23). The topological polar surface area (TPSA) is 29.1 Å². The van der Waals surface area contributed by atoms with Crippen molar-refractivity contribution >= 4 is 87.1 Å². The molecule has 2 rings (SSSR count). The summed E-state index contributed by atoms with van der Waals surface area (Å²) >= 11 is 16.2. The summed E-state index contributed by atoms with van der Waals surface area (Å²) in [6.45, 7) is 3.68. The molecule has 0 aliphatic carbocycles. The van der Waals surface area contributed by atoms with Crippen molar-refractivity contribution in [2.75, 3.05) is 11.1 Å². The quantitative estimate of drug-likeness (QED) is 0.354. The molecular formula is C17H15Br4NOS. The van der Waals surface area contributed by atoms with E-state index in [-0.39, 0.29) is 5.91 Å². The summed E-state index contributed by atoms with van der Waals surface area (Å²) in [6.07, 6.45) is 1.09. The van der Waals surface area contributed by atoms with Crippen LogP contribution >= 0.6 is 75.5 Å². The first-order valence-corrected chi connectivity index (χ1v) is 11.4. The van der Waals surface area contributed by atoms with Gasteiger partial charge in [-0.15, -0.1) is 11.8 Å². The van der Waals surface area contributed by atoms with Crippen molar-refractivity contribution in [3.8, 4) is 11.1 Å². The normalized spacial score (nSPS) is 10.8. The Labute approximate surface area is 180 Å². The van der Waals surface area contributed by atoms with E-state index < -0.39 is 0 Å². The van der Waals surface area contributed by atoms with Gasteiger partial charge in [0.2, 0.25) is 5.91 Å². The van der Waals surface area contributed by atoms with E-state index in [1.807, 2.05) is 18.2 Å². The van der Waals surface area contributed by atoms with Crippen LogP contribution in [0.1, 0.15) is 20.3 Å². The van der Waals surface area contributed by atoms with Gasteiger partial charge in [0.05, 0.1) is 5.69 Å². The van der Waals surface area contributed by atoms with Crippen molar-refractivity contribution < 1.29 is 4.79 Å². The van der Waals surface area contributed by atoms with Gasteiger partial charge in [0.1, 0.15) is 0 Å². The molecule has 0 aliphatic heterocycles. The molecule has 0 saturated carbocycles. The summed E-state index contributed by atoms with van der Waals surface area (Å²) in [5.41, 5.74) is 2.81. The molecule has 1 N–H and O–H groups in total. The third kappa shape index (κ3) is 5.10. The van der Waals surface area contributed by atoms with Gasteiger partial charge >= 0.3 is 0 Å². The molecule has 1 amide bonds. The van der Waals surface area contributed by atoms with Gasteiger partial charge in [-0.1, -0.05) is 38.8 Å². The number of anilines is 1. The fourth-order valence-corrected chi connectivity index (χ4v) is 6.02. The fraction of sp³-hybridized carbons (Fsp3) is 0.235. The highest BCUT2D eigenvalue weighted by Gasteiger charge is 2.17. The first-order chi connectivity index (χ1) is 11.3. The maximum atomic E-state index is 11.7. The van der Waals surface area contributed by atoms with Gasteiger partial charge in [-0.3, -0.25) is 4.79 Å². The largest absolute Gasteiger partial charge is 0.325 e. The maximum absolute atomic E-state index is 11.7. The zero-order valence-corrected chi connectivity index (χ0v) is 20.2. The first-order valence-electron chi connectivity index (χ1n) is 7.22. The molecule has 0 fully saturated rings. The molecule has 2 nitrogen and oxygen atoms in total. The zero-order valence-electron chi connectivity index (χ0n) is 13.1. The predicted molar refractivity (Wildman–Crippen MR) is 118 cm³/mol. The summed E-state index contributed by atoms with van der Waals surface area (Å²) in [5.74, 6) is 0.925. The summed E-state index contributed by atoms with van der Waals surface area (Å²) in [5, 5.41) is 2.94. The Bertz CT molecular complexity index is 780. The summed E-state index contributed by atoms with van der Waals surface area (Å²) in [7, 11) is 0. The second-order valence-corrected chi connectivity index (χ2v) is 9.75. The first kappa shape index (κ1) is 20.5. The maximum Gasteiger partial charge on any atom is 0.221 e. The van der Waals surface area contributed by atoms with Crippen LogP contribution in [0.2, 0.25) is 0 Å². The van der Waals surface area contributed by atoms with Crippen LogP contribution in [0.25, 0.3) is 11.1 Å². The number of carbonyl (C=O) groups is 1. The van der Waals surface area contributed by atoms with E-state index >= 15 is 0 Å². The number of hydrogen-bond acceptors (Lipinski definition) is 2. The molecule has 128 valence electrons.